The Morgan fingerprint density at radius 1 is 1.75 bits per heavy atom. The van der Waals surface area contributed by atoms with E-state index in [1.807, 2.05) is 0 Å². The van der Waals surface area contributed by atoms with Crippen LogP contribution >= 0.6 is 0 Å². The Hall–Kier alpha value is 0.430. The minimum Gasteiger partial charge on any atom is -0.481 e. The summed E-state index contributed by atoms with van der Waals surface area (Å²) in [6, 6.07) is 0. The van der Waals surface area contributed by atoms with Crippen LogP contribution in [0.5, 0.6) is 0 Å². The van der Waals surface area contributed by atoms with Crippen LogP contribution in [0.25, 0.3) is 0 Å². The van der Waals surface area contributed by atoms with Crippen molar-refractivity contribution in [1.82, 2.24) is 5.32 Å². The van der Waals surface area contributed by atoms with Gasteiger partial charge in [0, 0.05) is 36.1 Å². The van der Waals surface area contributed by atoms with Crippen LogP contribution in [0.1, 0.15) is 6.42 Å². The van der Waals surface area contributed by atoms with Crippen molar-refractivity contribution in [3.8, 4) is 0 Å². The van der Waals surface area contributed by atoms with Crippen molar-refractivity contribution >= 4 is 35.5 Å². The van der Waals surface area contributed by atoms with Gasteiger partial charge in [0.05, 0.1) is 6.42 Å². The molecule has 0 aromatic heterocycles. The van der Waals surface area contributed by atoms with Gasteiger partial charge in [-0.3, -0.25) is 4.79 Å². The number of carboxylic acids is 1. The minimum absolute atomic E-state index is 0. The SMILES string of the molecule is CNCCC(=O)O.[Na]. The average molecular weight is 126 g/mol. The molecule has 3 nitrogen and oxygen atoms in total. The Morgan fingerprint density at radius 2 is 2.25 bits per heavy atom. The number of carbonyl (C=O) groups is 1. The molecular weight excluding hydrogens is 117 g/mol. The normalized spacial score (nSPS) is 7.62. The van der Waals surface area contributed by atoms with E-state index in [1.54, 1.807) is 7.05 Å². The standard InChI is InChI=1S/C4H9NO2.Na/c1-5-3-2-4(6)7;/h5H,2-3H2,1H3,(H,6,7);. The molecule has 0 aliphatic rings. The number of hydrogen-bond donors (Lipinski definition) is 2. The van der Waals surface area contributed by atoms with Gasteiger partial charge < -0.3 is 10.4 Å². The quantitative estimate of drug-likeness (QED) is 0.491. The van der Waals surface area contributed by atoms with E-state index < -0.39 is 5.97 Å². The molecule has 0 heterocycles. The fourth-order valence-electron chi connectivity index (χ4n) is 0.232. The van der Waals surface area contributed by atoms with E-state index in [4.69, 9.17) is 5.11 Å². The fourth-order valence-corrected chi connectivity index (χ4v) is 0.232. The summed E-state index contributed by atoms with van der Waals surface area (Å²) in [4.78, 5) is 9.72. The first-order valence-electron chi connectivity index (χ1n) is 2.13. The van der Waals surface area contributed by atoms with Gasteiger partial charge in [-0.1, -0.05) is 0 Å². The van der Waals surface area contributed by atoms with Crippen molar-refractivity contribution in [3.63, 3.8) is 0 Å². The largest absolute Gasteiger partial charge is 0.481 e. The molecule has 43 valence electrons. The van der Waals surface area contributed by atoms with E-state index >= 15 is 0 Å². The Morgan fingerprint density at radius 3 is 2.38 bits per heavy atom. The molecule has 0 aromatic rings. The smallest absolute Gasteiger partial charge is 0.304 e. The molecule has 0 amide bonds. The van der Waals surface area contributed by atoms with Crippen LogP contribution in [0.4, 0.5) is 0 Å². The molecule has 0 bridgehead atoms. The second kappa shape index (κ2) is 7.43. The third-order valence-corrected chi connectivity index (χ3v) is 0.589. The Kier molecular flexibility index (Phi) is 10.5. The van der Waals surface area contributed by atoms with Crippen LogP contribution in [-0.2, 0) is 4.79 Å². The molecule has 0 rings (SSSR count). The fraction of sp³-hybridized carbons (Fsp3) is 0.750. The van der Waals surface area contributed by atoms with Crippen LogP contribution in [0, 0.1) is 0 Å². The molecular formula is C4H9NNaO2. The zero-order valence-electron chi connectivity index (χ0n) is 5.27. The maximum atomic E-state index is 9.72. The summed E-state index contributed by atoms with van der Waals surface area (Å²) in [7, 11) is 1.73. The second-order valence-electron chi connectivity index (χ2n) is 1.25. The summed E-state index contributed by atoms with van der Waals surface area (Å²) >= 11 is 0. The average Bonchev–Trinajstić information content (AvgIpc) is 1.61. The van der Waals surface area contributed by atoms with E-state index in [0.29, 0.717) is 6.54 Å². The van der Waals surface area contributed by atoms with Crippen LogP contribution in [0.15, 0.2) is 0 Å². The van der Waals surface area contributed by atoms with Gasteiger partial charge in [0.1, 0.15) is 0 Å². The summed E-state index contributed by atoms with van der Waals surface area (Å²) in [6.45, 7) is 0.551. The molecule has 0 aliphatic heterocycles. The van der Waals surface area contributed by atoms with Crippen molar-refractivity contribution < 1.29 is 9.90 Å². The molecule has 8 heavy (non-hydrogen) atoms. The van der Waals surface area contributed by atoms with Gasteiger partial charge in [-0.15, -0.1) is 0 Å². The van der Waals surface area contributed by atoms with Crippen LogP contribution in [0.3, 0.4) is 0 Å². The molecule has 1 radical (unpaired) electrons. The molecule has 0 spiro atoms. The molecule has 0 aromatic carbocycles. The molecule has 0 saturated heterocycles. The number of hydrogen-bond acceptors (Lipinski definition) is 2. The van der Waals surface area contributed by atoms with Gasteiger partial charge >= 0.3 is 5.97 Å². The molecule has 2 N–H and O–H groups in total. The molecule has 4 heteroatoms. The summed E-state index contributed by atoms with van der Waals surface area (Å²) in [5, 5.41) is 10.7. The van der Waals surface area contributed by atoms with Gasteiger partial charge in [-0.05, 0) is 7.05 Å². The third kappa shape index (κ3) is 9.66. The van der Waals surface area contributed by atoms with E-state index in [1.165, 1.54) is 0 Å². The summed E-state index contributed by atoms with van der Waals surface area (Å²) < 4.78 is 0. The number of nitrogens with one attached hydrogen (secondary N) is 1. The van der Waals surface area contributed by atoms with E-state index in [2.05, 4.69) is 5.32 Å². The van der Waals surface area contributed by atoms with Crippen LogP contribution < -0.4 is 5.32 Å². The van der Waals surface area contributed by atoms with Crippen LogP contribution in [0.2, 0.25) is 0 Å². The molecule has 0 atom stereocenters. The Labute approximate surface area is 70.8 Å². The first-order chi connectivity index (χ1) is 3.27. The zero-order chi connectivity index (χ0) is 5.70. The maximum Gasteiger partial charge on any atom is 0.304 e. The van der Waals surface area contributed by atoms with Gasteiger partial charge in [0.15, 0.2) is 0 Å². The topological polar surface area (TPSA) is 49.3 Å². The summed E-state index contributed by atoms with van der Waals surface area (Å²) in [5.74, 6) is -0.755. The van der Waals surface area contributed by atoms with Crippen LogP contribution in [-0.4, -0.2) is 54.2 Å². The van der Waals surface area contributed by atoms with E-state index in [-0.39, 0.29) is 36.0 Å². The summed E-state index contributed by atoms with van der Waals surface area (Å²) in [5.41, 5.74) is 0. The van der Waals surface area contributed by atoms with Gasteiger partial charge in [0.2, 0.25) is 0 Å². The first kappa shape index (κ1) is 11.3. The van der Waals surface area contributed by atoms with Gasteiger partial charge in [-0.2, -0.15) is 0 Å². The molecule has 0 aliphatic carbocycles. The monoisotopic (exact) mass is 126 g/mol. The second-order valence-corrected chi connectivity index (χ2v) is 1.25. The number of aliphatic carboxylic acids is 1. The Balaban J connectivity index is 0. The van der Waals surface area contributed by atoms with Crippen molar-refractivity contribution in [2.24, 2.45) is 0 Å². The Bertz CT molecular complexity index is 67.1. The van der Waals surface area contributed by atoms with Crippen molar-refractivity contribution in [1.29, 1.82) is 0 Å². The van der Waals surface area contributed by atoms with E-state index in [9.17, 15) is 4.79 Å². The minimum atomic E-state index is -0.755. The molecule has 0 unspecified atom stereocenters. The van der Waals surface area contributed by atoms with E-state index in [0.717, 1.165) is 0 Å². The molecule has 0 saturated carbocycles. The number of carboxylic acid groups (broad SMARTS) is 1. The van der Waals surface area contributed by atoms with Crippen molar-refractivity contribution in [2.75, 3.05) is 13.6 Å². The van der Waals surface area contributed by atoms with Gasteiger partial charge in [-0.25, -0.2) is 0 Å². The van der Waals surface area contributed by atoms with Gasteiger partial charge in [0.25, 0.3) is 0 Å². The number of rotatable bonds is 3. The summed E-state index contributed by atoms with van der Waals surface area (Å²) in [6.07, 6.45) is 0.205. The third-order valence-electron chi connectivity index (χ3n) is 0.589. The zero-order valence-corrected chi connectivity index (χ0v) is 7.27. The van der Waals surface area contributed by atoms with Crippen molar-refractivity contribution in [2.45, 2.75) is 6.42 Å². The van der Waals surface area contributed by atoms with Crippen molar-refractivity contribution in [3.05, 3.63) is 0 Å². The predicted molar refractivity (Wildman–Crippen MR) is 31.9 cm³/mol. The first-order valence-corrected chi connectivity index (χ1v) is 2.13. The maximum absolute atomic E-state index is 9.72. The molecule has 0 fully saturated rings. The predicted octanol–water partition coefficient (Wildman–Crippen LogP) is -0.700.